The highest BCUT2D eigenvalue weighted by Crippen LogP contribution is 2.14. The van der Waals surface area contributed by atoms with E-state index in [0.29, 0.717) is 12.5 Å². The summed E-state index contributed by atoms with van der Waals surface area (Å²) in [6, 6.07) is 2.65. The minimum absolute atomic E-state index is 0.172. The minimum Gasteiger partial charge on any atom is -0.476 e. The zero-order valence-electron chi connectivity index (χ0n) is 11.0. The fourth-order valence-electron chi connectivity index (χ4n) is 2.03. The quantitative estimate of drug-likeness (QED) is 0.772. The molecule has 7 heteroatoms. The van der Waals surface area contributed by atoms with Crippen molar-refractivity contribution in [1.82, 2.24) is 10.3 Å². The van der Waals surface area contributed by atoms with Crippen LogP contribution in [0.4, 0.5) is 10.5 Å². The number of anilines is 1. The maximum Gasteiger partial charge on any atom is 0.356 e. The molecule has 0 radical (unpaired) electrons. The number of carbonyl (C=O) groups excluding carboxylic acids is 1. The van der Waals surface area contributed by atoms with Crippen LogP contribution < -0.4 is 10.6 Å². The SMILES string of the molecule is O=C(NCC1CCOCC1)Nc1cccnc1C(=O)O. The van der Waals surface area contributed by atoms with Crippen molar-refractivity contribution in [3.8, 4) is 0 Å². The van der Waals surface area contributed by atoms with Crippen molar-refractivity contribution < 1.29 is 19.4 Å². The number of nitrogens with one attached hydrogen (secondary N) is 2. The molecule has 0 atom stereocenters. The van der Waals surface area contributed by atoms with Crippen molar-refractivity contribution in [2.45, 2.75) is 12.8 Å². The number of rotatable bonds is 4. The molecular formula is C13H17N3O4. The molecule has 2 rings (SSSR count). The number of aromatic nitrogens is 1. The molecular weight excluding hydrogens is 262 g/mol. The molecule has 0 spiro atoms. The van der Waals surface area contributed by atoms with Crippen LogP contribution in [0.2, 0.25) is 0 Å². The van der Waals surface area contributed by atoms with Crippen molar-refractivity contribution in [2.75, 3.05) is 25.1 Å². The molecule has 1 aromatic rings. The summed E-state index contributed by atoms with van der Waals surface area (Å²) >= 11 is 0. The van der Waals surface area contributed by atoms with E-state index in [2.05, 4.69) is 15.6 Å². The number of urea groups is 1. The highest BCUT2D eigenvalue weighted by Gasteiger charge is 2.16. The Labute approximate surface area is 116 Å². The van der Waals surface area contributed by atoms with Gasteiger partial charge in [-0.2, -0.15) is 0 Å². The largest absolute Gasteiger partial charge is 0.476 e. The molecule has 1 saturated heterocycles. The molecule has 0 aliphatic carbocycles. The highest BCUT2D eigenvalue weighted by molar-refractivity contribution is 5.98. The predicted octanol–water partition coefficient (Wildman–Crippen LogP) is 1.33. The first-order valence-electron chi connectivity index (χ1n) is 6.47. The van der Waals surface area contributed by atoms with E-state index in [1.165, 1.54) is 12.3 Å². The number of ether oxygens (including phenoxy) is 1. The highest BCUT2D eigenvalue weighted by atomic mass is 16.5. The van der Waals surface area contributed by atoms with E-state index in [4.69, 9.17) is 9.84 Å². The average molecular weight is 279 g/mol. The monoisotopic (exact) mass is 279 g/mol. The van der Waals surface area contributed by atoms with Gasteiger partial charge in [-0.15, -0.1) is 0 Å². The van der Waals surface area contributed by atoms with Crippen LogP contribution in [0.5, 0.6) is 0 Å². The van der Waals surface area contributed by atoms with Gasteiger partial charge in [0.05, 0.1) is 5.69 Å². The van der Waals surface area contributed by atoms with Gasteiger partial charge in [0.1, 0.15) is 0 Å². The molecule has 0 aromatic carbocycles. The molecule has 7 nitrogen and oxygen atoms in total. The first kappa shape index (κ1) is 14.3. The number of nitrogens with zero attached hydrogens (tertiary/aromatic N) is 1. The van der Waals surface area contributed by atoms with Crippen LogP contribution in [0.15, 0.2) is 18.3 Å². The Balaban J connectivity index is 1.86. The number of carboxylic acids is 1. The van der Waals surface area contributed by atoms with Gasteiger partial charge in [-0.3, -0.25) is 0 Å². The minimum atomic E-state index is -1.18. The van der Waals surface area contributed by atoms with E-state index in [0.717, 1.165) is 26.1 Å². The van der Waals surface area contributed by atoms with Gasteiger partial charge in [-0.05, 0) is 30.9 Å². The second kappa shape index (κ2) is 6.85. The average Bonchev–Trinajstić information content (AvgIpc) is 2.46. The smallest absolute Gasteiger partial charge is 0.356 e. The summed E-state index contributed by atoms with van der Waals surface area (Å²) in [6.07, 6.45) is 3.22. The second-order valence-electron chi connectivity index (χ2n) is 4.60. The van der Waals surface area contributed by atoms with Crippen molar-refractivity contribution in [3.05, 3.63) is 24.0 Å². The van der Waals surface area contributed by atoms with E-state index in [9.17, 15) is 9.59 Å². The van der Waals surface area contributed by atoms with Crippen LogP contribution >= 0.6 is 0 Å². The summed E-state index contributed by atoms with van der Waals surface area (Å²) in [6.45, 7) is 2.00. The van der Waals surface area contributed by atoms with Crippen LogP contribution in [-0.4, -0.2) is 41.8 Å². The van der Waals surface area contributed by atoms with Crippen LogP contribution in [0.3, 0.4) is 0 Å². The summed E-state index contributed by atoms with van der Waals surface area (Å²) in [5.74, 6) is -0.771. The number of carboxylic acid groups (broad SMARTS) is 1. The molecule has 2 amide bonds. The van der Waals surface area contributed by atoms with E-state index < -0.39 is 12.0 Å². The standard InChI is InChI=1S/C13H17N3O4/c17-12(18)11-10(2-1-5-14-11)16-13(19)15-8-9-3-6-20-7-4-9/h1-2,5,9H,3-4,6-8H2,(H,17,18)(H2,15,16,19). The number of carbonyl (C=O) groups is 2. The molecule has 1 aliphatic rings. The Morgan fingerprint density at radius 1 is 1.40 bits per heavy atom. The topological polar surface area (TPSA) is 101 Å². The third-order valence-electron chi connectivity index (χ3n) is 3.15. The molecule has 1 aliphatic heterocycles. The maximum atomic E-state index is 11.8. The molecule has 20 heavy (non-hydrogen) atoms. The number of amides is 2. The van der Waals surface area contributed by atoms with Gasteiger partial charge in [0.15, 0.2) is 5.69 Å². The number of pyridine rings is 1. The van der Waals surface area contributed by atoms with Crippen LogP contribution in [-0.2, 0) is 4.74 Å². The Morgan fingerprint density at radius 2 is 2.15 bits per heavy atom. The predicted molar refractivity (Wildman–Crippen MR) is 71.8 cm³/mol. The lowest BCUT2D eigenvalue weighted by Crippen LogP contribution is -2.35. The van der Waals surface area contributed by atoms with E-state index >= 15 is 0 Å². The fraction of sp³-hybridized carbons (Fsp3) is 0.462. The zero-order chi connectivity index (χ0) is 14.4. The first-order chi connectivity index (χ1) is 9.66. The number of hydrogen-bond acceptors (Lipinski definition) is 4. The van der Waals surface area contributed by atoms with Crippen LogP contribution in [0.25, 0.3) is 0 Å². The lowest BCUT2D eigenvalue weighted by atomic mass is 10.0. The van der Waals surface area contributed by atoms with Gasteiger partial charge < -0.3 is 20.5 Å². The fourth-order valence-corrected chi connectivity index (χ4v) is 2.03. The molecule has 108 valence electrons. The third kappa shape index (κ3) is 3.92. The van der Waals surface area contributed by atoms with Gasteiger partial charge in [0.2, 0.25) is 0 Å². The molecule has 0 bridgehead atoms. The normalized spacial score (nSPS) is 15.6. The summed E-state index contributed by atoms with van der Waals surface area (Å²) in [7, 11) is 0. The third-order valence-corrected chi connectivity index (χ3v) is 3.15. The second-order valence-corrected chi connectivity index (χ2v) is 4.60. The van der Waals surface area contributed by atoms with E-state index in [1.54, 1.807) is 6.07 Å². The molecule has 0 saturated carbocycles. The number of hydrogen-bond donors (Lipinski definition) is 3. The lowest BCUT2D eigenvalue weighted by Gasteiger charge is -2.22. The number of aromatic carboxylic acids is 1. The molecule has 1 aromatic heterocycles. The summed E-state index contributed by atoms with van der Waals surface area (Å²) in [5.41, 5.74) is 0.0122. The first-order valence-corrected chi connectivity index (χ1v) is 6.47. The van der Waals surface area contributed by atoms with Gasteiger partial charge in [0.25, 0.3) is 0 Å². The molecule has 3 N–H and O–H groups in total. The van der Waals surface area contributed by atoms with Crippen LogP contribution in [0.1, 0.15) is 23.3 Å². The van der Waals surface area contributed by atoms with Crippen LogP contribution in [0, 0.1) is 5.92 Å². The lowest BCUT2D eigenvalue weighted by molar-refractivity contribution is 0.0670. The van der Waals surface area contributed by atoms with Crippen molar-refractivity contribution in [2.24, 2.45) is 5.92 Å². The van der Waals surface area contributed by atoms with Gasteiger partial charge in [-0.25, -0.2) is 14.6 Å². The Hall–Kier alpha value is -2.15. The van der Waals surface area contributed by atoms with Crippen molar-refractivity contribution >= 4 is 17.7 Å². The summed E-state index contributed by atoms with van der Waals surface area (Å²) in [4.78, 5) is 26.4. The Kier molecular flexibility index (Phi) is 4.89. The van der Waals surface area contributed by atoms with E-state index in [-0.39, 0.29) is 11.4 Å². The summed E-state index contributed by atoms with van der Waals surface area (Å²) < 4.78 is 5.24. The van der Waals surface area contributed by atoms with Crippen molar-refractivity contribution in [3.63, 3.8) is 0 Å². The molecule has 0 unspecified atom stereocenters. The van der Waals surface area contributed by atoms with Gasteiger partial charge >= 0.3 is 12.0 Å². The zero-order valence-corrected chi connectivity index (χ0v) is 11.0. The maximum absolute atomic E-state index is 11.8. The van der Waals surface area contributed by atoms with E-state index in [1.807, 2.05) is 0 Å². The van der Waals surface area contributed by atoms with Gasteiger partial charge in [0, 0.05) is 26.0 Å². The molecule has 2 heterocycles. The van der Waals surface area contributed by atoms with Crippen molar-refractivity contribution in [1.29, 1.82) is 0 Å². The van der Waals surface area contributed by atoms with Gasteiger partial charge in [-0.1, -0.05) is 0 Å². The molecule has 1 fully saturated rings. The Morgan fingerprint density at radius 3 is 2.85 bits per heavy atom. The summed E-state index contributed by atoms with van der Waals surface area (Å²) in [5, 5.41) is 14.2. The Bertz CT molecular complexity index is 486.